The van der Waals surface area contributed by atoms with Crippen molar-refractivity contribution < 1.29 is 4.74 Å². The first kappa shape index (κ1) is 16.4. The molecule has 1 aliphatic heterocycles. The molecular weight excluding hydrogens is 332 g/mol. The lowest BCUT2D eigenvalue weighted by molar-refractivity contribution is 0.0364. The third kappa shape index (κ3) is 2.77. The van der Waals surface area contributed by atoms with Crippen LogP contribution in [0.1, 0.15) is 5.56 Å². The maximum Gasteiger partial charge on any atom is 0.267 e. The van der Waals surface area contributed by atoms with Crippen LogP contribution in [0.3, 0.4) is 0 Å². The van der Waals surface area contributed by atoms with Crippen LogP contribution >= 0.6 is 0 Å². The summed E-state index contributed by atoms with van der Waals surface area (Å²) in [5, 5.41) is 18.1. The molecule has 0 spiro atoms. The minimum atomic E-state index is -0.234. The fourth-order valence-electron chi connectivity index (χ4n) is 3.26. The van der Waals surface area contributed by atoms with Crippen LogP contribution in [-0.2, 0) is 11.3 Å². The van der Waals surface area contributed by atoms with Gasteiger partial charge in [0.15, 0.2) is 0 Å². The molecule has 0 bridgehead atoms. The Morgan fingerprint density at radius 3 is 2.85 bits per heavy atom. The summed E-state index contributed by atoms with van der Waals surface area (Å²) >= 11 is 0. The number of aromatic nitrogens is 3. The second kappa shape index (κ2) is 6.71. The van der Waals surface area contributed by atoms with Crippen molar-refractivity contribution in [2.45, 2.75) is 6.54 Å². The molecule has 0 aromatic carbocycles. The molecule has 1 N–H and O–H groups in total. The van der Waals surface area contributed by atoms with Crippen molar-refractivity contribution in [1.29, 1.82) is 10.7 Å². The van der Waals surface area contributed by atoms with Crippen molar-refractivity contribution in [3.05, 3.63) is 51.9 Å². The van der Waals surface area contributed by atoms with Crippen LogP contribution < -0.4 is 11.0 Å². The summed E-state index contributed by atoms with van der Waals surface area (Å²) in [5.41, 5.74) is 0.990. The highest BCUT2D eigenvalue weighted by molar-refractivity contribution is 5.77. The normalized spacial score (nSPS) is 15.3. The fraction of sp³-hybridized carbons (Fsp3) is 0.333. The fourth-order valence-corrected chi connectivity index (χ4v) is 3.26. The Kier molecular flexibility index (Phi) is 4.24. The average Bonchev–Trinajstić information content (AvgIpc) is 2.68. The zero-order chi connectivity index (χ0) is 18.1. The molecule has 1 saturated heterocycles. The summed E-state index contributed by atoms with van der Waals surface area (Å²) in [7, 11) is 0. The molecule has 0 atom stereocenters. The van der Waals surface area contributed by atoms with E-state index in [4.69, 9.17) is 10.1 Å². The summed E-state index contributed by atoms with van der Waals surface area (Å²) < 4.78 is 8.48. The molecule has 0 saturated carbocycles. The molecule has 132 valence electrons. The first-order valence-electron chi connectivity index (χ1n) is 8.49. The largest absolute Gasteiger partial charge is 0.379 e. The van der Waals surface area contributed by atoms with Crippen molar-refractivity contribution in [2.24, 2.45) is 0 Å². The van der Waals surface area contributed by atoms with E-state index in [1.807, 2.05) is 12.1 Å². The molecule has 3 aromatic rings. The number of hydrogen-bond donors (Lipinski definition) is 1. The van der Waals surface area contributed by atoms with Gasteiger partial charge in [-0.3, -0.25) is 19.5 Å². The molecule has 8 heteroatoms. The van der Waals surface area contributed by atoms with E-state index < -0.39 is 0 Å². The van der Waals surface area contributed by atoms with Gasteiger partial charge in [0.2, 0.25) is 0 Å². The van der Waals surface area contributed by atoms with E-state index in [0.29, 0.717) is 43.0 Å². The Hall–Kier alpha value is -3.02. The smallest absolute Gasteiger partial charge is 0.267 e. The Balaban J connectivity index is 1.89. The van der Waals surface area contributed by atoms with Crippen molar-refractivity contribution in [1.82, 2.24) is 18.9 Å². The molecule has 4 heterocycles. The predicted octanol–water partition coefficient (Wildman–Crippen LogP) is 0.333. The van der Waals surface area contributed by atoms with E-state index in [0.717, 1.165) is 13.1 Å². The number of pyridine rings is 2. The lowest BCUT2D eigenvalue weighted by Crippen LogP contribution is -2.39. The van der Waals surface area contributed by atoms with E-state index in [-0.39, 0.29) is 16.6 Å². The molecule has 3 aromatic heterocycles. The average molecular weight is 350 g/mol. The van der Waals surface area contributed by atoms with Crippen LogP contribution in [-0.4, -0.2) is 51.7 Å². The maximum absolute atomic E-state index is 12.8. The number of fused-ring (bicyclic) bond motifs is 2. The Bertz CT molecular complexity index is 1130. The van der Waals surface area contributed by atoms with E-state index in [9.17, 15) is 10.1 Å². The highest BCUT2D eigenvalue weighted by atomic mass is 16.5. The van der Waals surface area contributed by atoms with E-state index >= 15 is 0 Å². The Morgan fingerprint density at radius 2 is 2.08 bits per heavy atom. The topological polar surface area (TPSA) is 99.4 Å². The Labute approximate surface area is 149 Å². The zero-order valence-electron chi connectivity index (χ0n) is 14.2. The van der Waals surface area contributed by atoms with E-state index in [1.54, 1.807) is 22.9 Å². The van der Waals surface area contributed by atoms with Gasteiger partial charge in [-0.1, -0.05) is 6.07 Å². The number of nitriles is 1. The minimum Gasteiger partial charge on any atom is -0.379 e. The molecule has 26 heavy (non-hydrogen) atoms. The van der Waals surface area contributed by atoms with Crippen molar-refractivity contribution in [3.8, 4) is 6.07 Å². The predicted molar refractivity (Wildman–Crippen MR) is 94.8 cm³/mol. The SMILES string of the molecule is N#Cc1cc2c(=O)n3ccccc3nc2n(CCN2CCOCC2)c1=N. The van der Waals surface area contributed by atoms with Crippen LogP contribution in [0.15, 0.2) is 35.3 Å². The lowest BCUT2D eigenvalue weighted by Gasteiger charge is -2.27. The number of ether oxygens (including phenoxy) is 1. The van der Waals surface area contributed by atoms with Gasteiger partial charge in [-0.2, -0.15) is 5.26 Å². The molecule has 0 aliphatic carbocycles. The summed E-state index contributed by atoms with van der Waals surface area (Å²) in [6.07, 6.45) is 1.66. The molecule has 0 unspecified atom stereocenters. The van der Waals surface area contributed by atoms with E-state index in [2.05, 4.69) is 9.88 Å². The van der Waals surface area contributed by atoms with E-state index in [1.165, 1.54) is 10.5 Å². The highest BCUT2D eigenvalue weighted by Gasteiger charge is 2.15. The van der Waals surface area contributed by atoms with Gasteiger partial charge < -0.3 is 9.30 Å². The Morgan fingerprint density at radius 1 is 1.27 bits per heavy atom. The summed E-state index contributed by atoms with van der Waals surface area (Å²) in [6.45, 7) is 4.26. The number of morpholine rings is 1. The lowest BCUT2D eigenvalue weighted by atomic mass is 10.2. The van der Waals surface area contributed by atoms with Gasteiger partial charge in [-0.05, 0) is 18.2 Å². The second-order valence-electron chi connectivity index (χ2n) is 6.21. The maximum atomic E-state index is 12.8. The van der Waals surface area contributed by atoms with Crippen molar-refractivity contribution in [3.63, 3.8) is 0 Å². The standard InChI is InChI=1S/C18H18N6O2/c19-12-13-11-14-17(21-15-3-1-2-4-23(15)18(14)25)24(16(13)20)6-5-22-7-9-26-10-8-22/h1-4,11,20H,5-10H2. The molecule has 4 rings (SSSR count). The summed E-state index contributed by atoms with van der Waals surface area (Å²) in [4.78, 5) is 19.7. The van der Waals surface area contributed by atoms with Gasteiger partial charge >= 0.3 is 0 Å². The summed E-state index contributed by atoms with van der Waals surface area (Å²) in [6, 6.07) is 8.83. The zero-order valence-corrected chi connectivity index (χ0v) is 14.2. The molecule has 1 aliphatic rings. The van der Waals surface area contributed by atoms with Crippen LogP contribution in [0, 0.1) is 16.7 Å². The van der Waals surface area contributed by atoms with Gasteiger partial charge in [0.05, 0.1) is 24.2 Å². The third-order valence-electron chi connectivity index (χ3n) is 4.68. The van der Waals surface area contributed by atoms with Crippen LogP contribution in [0.5, 0.6) is 0 Å². The van der Waals surface area contributed by atoms with Gasteiger partial charge in [0.25, 0.3) is 5.56 Å². The summed E-state index contributed by atoms with van der Waals surface area (Å²) in [5.74, 6) is 0. The van der Waals surface area contributed by atoms with Gasteiger partial charge in [0.1, 0.15) is 22.9 Å². The monoisotopic (exact) mass is 350 g/mol. The number of rotatable bonds is 3. The van der Waals surface area contributed by atoms with Crippen LogP contribution in [0.2, 0.25) is 0 Å². The highest BCUT2D eigenvalue weighted by Crippen LogP contribution is 2.10. The first-order chi connectivity index (χ1) is 12.7. The molecular formula is C18H18N6O2. The van der Waals surface area contributed by atoms with Crippen LogP contribution in [0.4, 0.5) is 0 Å². The minimum absolute atomic E-state index is 0.0837. The van der Waals surface area contributed by atoms with Gasteiger partial charge in [-0.25, -0.2) is 4.98 Å². The molecule has 0 radical (unpaired) electrons. The molecule has 1 fully saturated rings. The third-order valence-corrected chi connectivity index (χ3v) is 4.68. The first-order valence-corrected chi connectivity index (χ1v) is 8.49. The quantitative estimate of drug-likeness (QED) is 0.687. The van der Waals surface area contributed by atoms with Crippen molar-refractivity contribution >= 4 is 16.7 Å². The molecule has 8 nitrogen and oxygen atoms in total. The van der Waals surface area contributed by atoms with Crippen LogP contribution in [0.25, 0.3) is 16.7 Å². The number of nitrogens with one attached hydrogen (secondary N) is 1. The number of hydrogen-bond acceptors (Lipinski definition) is 6. The second-order valence-corrected chi connectivity index (χ2v) is 6.21. The number of nitrogens with zero attached hydrogens (tertiary/aromatic N) is 5. The van der Waals surface area contributed by atoms with Gasteiger partial charge in [0, 0.05) is 32.4 Å². The van der Waals surface area contributed by atoms with Gasteiger partial charge in [-0.15, -0.1) is 0 Å². The van der Waals surface area contributed by atoms with Crippen molar-refractivity contribution in [2.75, 3.05) is 32.8 Å². The molecule has 0 amide bonds.